The number of hydrogen-bond acceptors (Lipinski definition) is 12. The summed E-state index contributed by atoms with van der Waals surface area (Å²) in [6.07, 6.45) is 16.8. The fourth-order valence-electron chi connectivity index (χ4n) is 8.75. The smallest absolute Gasteiger partial charge is 1.00 e. The van der Waals surface area contributed by atoms with Crippen molar-refractivity contribution < 1.29 is 58.5 Å². The van der Waals surface area contributed by atoms with Crippen LogP contribution in [0.3, 0.4) is 0 Å². The molecule has 0 atom stereocenters. The van der Waals surface area contributed by atoms with Crippen LogP contribution in [0, 0.1) is 0 Å². The molecule has 0 spiro atoms. The fourth-order valence-corrected chi connectivity index (χ4v) is 8.75. The van der Waals surface area contributed by atoms with E-state index < -0.39 is 72.9 Å². The molecule has 81 heavy (non-hydrogen) atoms. The summed E-state index contributed by atoms with van der Waals surface area (Å²) in [5.74, 6) is -5.58. The molecular formula is C64H50F4MgN4O8. The summed E-state index contributed by atoms with van der Waals surface area (Å²) in [4.78, 5) is 75.0. The van der Waals surface area contributed by atoms with Crippen LogP contribution in [0.1, 0.15) is 78.5 Å². The molecular weight excluding hydrogens is 1050 g/mol. The van der Waals surface area contributed by atoms with Crippen LogP contribution in [0.5, 0.6) is 23.0 Å². The molecule has 0 saturated heterocycles. The SMILES string of the molecule is CC(F)=CCC(=O)Oc1ccccc1C1=CC2=CC3=NC(=CC4=NC(=CC5=NC(=C(c6ccccc6OC(=O)CC=C(C)F)C1=N2)C(c1ccccc1OC(=O)CC=C(C)F)=C5c1ccccc1OC(=O)CC=C(C)F)C=C4)C=C3.[H-].[H-].[Mg+2]. The first kappa shape index (κ1) is 58.0. The summed E-state index contributed by atoms with van der Waals surface area (Å²) in [5.41, 5.74) is 4.89. The van der Waals surface area contributed by atoms with Crippen LogP contribution in [0.25, 0.3) is 22.3 Å². The Morgan fingerprint density at radius 3 is 1.21 bits per heavy atom. The minimum atomic E-state index is -0.829. The maximum Gasteiger partial charge on any atom is 2.00 e. The zero-order chi connectivity index (χ0) is 56.5. The number of ether oxygens (including phenoxy) is 4. The second-order valence-electron chi connectivity index (χ2n) is 18.3. The molecule has 4 aromatic carbocycles. The van der Waals surface area contributed by atoms with Crippen molar-refractivity contribution >= 4 is 92.1 Å². The zero-order valence-corrected chi connectivity index (χ0v) is 45.7. The van der Waals surface area contributed by atoms with E-state index in [4.69, 9.17) is 38.9 Å². The normalized spacial score (nSPS) is 15.9. The number of allylic oxidation sites excluding steroid dienone is 16. The largest absolute Gasteiger partial charge is 2.00 e. The third kappa shape index (κ3) is 14.4. The molecule has 8 bridgehead atoms. The molecule has 0 N–H and O–H groups in total. The van der Waals surface area contributed by atoms with Crippen molar-refractivity contribution in [2.45, 2.75) is 53.4 Å². The van der Waals surface area contributed by atoms with Gasteiger partial charge in [0.1, 0.15) is 23.0 Å². The summed E-state index contributed by atoms with van der Waals surface area (Å²) >= 11 is 0. The Morgan fingerprint density at radius 2 is 0.778 bits per heavy atom. The summed E-state index contributed by atoms with van der Waals surface area (Å²) < 4.78 is 80.5. The number of fused-ring (bicyclic) bond motifs is 4. The third-order valence-electron chi connectivity index (χ3n) is 12.2. The van der Waals surface area contributed by atoms with Crippen LogP contribution < -0.4 is 18.9 Å². The van der Waals surface area contributed by atoms with Crippen molar-refractivity contribution in [2.75, 3.05) is 0 Å². The Labute approximate surface area is 482 Å². The molecule has 0 unspecified atom stereocenters. The van der Waals surface area contributed by atoms with E-state index in [1.807, 2.05) is 6.08 Å². The molecule has 5 heterocycles. The van der Waals surface area contributed by atoms with Gasteiger partial charge in [-0.05, 0) is 125 Å². The van der Waals surface area contributed by atoms with Gasteiger partial charge in [-0.2, -0.15) is 0 Å². The minimum absolute atomic E-state index is 0. The number of esters is 4. The quantitative estimate of drug-likeness (QED) is 0.0465. The van der Waals surface area contributed by atoms with Gasteiger partial charge in [0.05, 0.1) is 94.6 Å². The molecule has 0 fully saturated rings. The maximum atomic E-state index is 14.2. The second kappa shape index (κ2) is 26.2. The molecule has 5 aliphatic rings. The average Bonchev–Trinajstić information content (AvgIpc) is 3.41. The number of carbonyl (C=O) groups is 4. The molecule has 4 aromatic rings. The third-order valence-corrected chi connectivity index (χ3v) is 12.2. The number of carbonyl (C=O) groups excluding carboxylic acids is 4. The van der Waals surface area contributed by atoms with Crippen molar-refractivity contribution in [3.8, 4) is 23.0 Å². The molecule has 0 aliphatic carbocycles. The Hall–Kier alpha value is -9.19. The molecule has 5 aliphatic heterocycles. The van der Waals surface area contributed by atoms with E-state index >= 15 is 0 Å². The number of nitrogens with zero attached hydrogens (tertiary/aromatic N) is 4. The van der Waals surface area contributed by atoms with Crippen LogP contribution in [-0.4, -0.2) is 69.8 Å². The summed E-state index contributed by atoms with van der Waals surface area (Å²) in [6, 6.07) is 26.3. The number of hydrogen-bond donors (Lipinski definition) is 0. The summed E-state index contributed by atoms with van der Waals surface area (Å²) in [6.45, 7) is 4.80. The van der Waals surface area contributed by atoms with Crippen molar-refractivity contribution in [3.63, 3.8) is 0 Å². The molecule has 404 valence electrons. The number of rotatable bonds is 16. The van der Waals surface area contributed by atoms with Crippen molar-refractivity contribution in [1.29, 1.82) is 0 Å². The van der Waals surface area contributed by atoms with Gasteiger partial charge in [0.2, 0.25) is 0 Å². The van der Waals surface area contributed by atoms with E-state index in [0.29, 0.717) is 39.7 Å². The van der Waals surface area contributed by atoms with E-state index in [0.717, 1.165) is 24.3 Å². The monoisotopic (exact) mass is 1100 g/mol. The molecule has 17 heteroatoms. The molecule has 0 radical (unpaired) electrons. The van der Waals surface area contributed by atoms with Crippen LogP contribution in [0.2, 0.25) is 0 Å². The zero-order valence-electron chi connectivity index (χ0n) is 46.3. The fraction of sp³-hybridized carbons (Fsp3) is 0.125. The molecule has 0 aromatic heterocycles. The van der Waals surface area contributed by atoms with Gasteiger partial charge in [0.25, 0.3) is 0 Å². The Kier molecular flexibility index (Phi) is 18.7. The van der Waals surface area contributed by atoms with Crippen LogP contribution in [0.15, 0.2) is 236 Å². The molecule has 12 nitrogen and oxygen atoms in total. The number of benzene rings is 4. The second-order valence-corrected chi connectivity index (χ2v) is 18.3. The predicted octanol–water partition coefficient (Wildman–Crippen LogP) is 14.2. The molecule has 9 rings (SSSR count). The van der Waals surface area contributed by atoms with E-state index in [1.54, 1.807) is 127 Å². The Bertz CT molecular complexity index is 3840. The summed E-state index contributed by atoms with van der Waals surface area (Å²) in [7, 11) is 0. The van der Waals surface area contributed by atoms with Gasteiger partial charge in [-0.1, -0.05) is 72.8 Å². The number of aliphatic imine (C=N–C) groups is 4. The number of halogens is 4. The van der Waals surface area contributed by atoms with Crippen molar-refractivity contribution in [3.05, 3.63) is 238 Å². The predicted molar refractivity (Wildman–Crippen MR) is 308 cm³/mol. The van der Waals surface area contributed by atoms with E-state index in [2.05, 4.69) is 0 Å². The van der Waals surface area contributed by atoms with E-state index in [-0.39, 0.29) is 99.4 Å². The van der Waals surface area contributed by atoms with E-state index in [1.165, 1.54) is 39.8 Å². The first-order valence-corrected chi connectivity index (χ1v) is 25.1. The van der Waals surface area contributed by atoms with Gasteiger partial charge in [0.15, 0.2) is 0 Å². The molecule has 0 saturated carbocycles. The first-order chi connectivity index (χ1) is 38.6. The van der Waals surface area contributed by atoms with Gasteiger partial charge in [-0.3, -0.25) is 19.2 Å². The Balaban J connectivity index is 0.00000369. The van der Waals surface area contributed by atoms with Gasteiger partial charge in [-0.15, -0.1) is 0 Å². The number of para-hydroxylation sites is 4. The maximum absolute atomic E-state index is 14.2. The van der Waals surface area contributed by atoms with Gasteiger partial charge < -0.3 is 21.8 Å². The van der Waals surface area contributed by atoms with Crippen LogP contribution >= 0.6 is 0 Å². The van der Waals surface area contributed by atoms with E-state index in [9.17, 15) is 36.7 Å². The van der Waals surface area contributed by atoms with Crippen LogP contribution in [-0.2, 0) is 19.2 Å². The average molecular weight is 1100 g/mol. The van der Waals surface area contributed by atoms with Gasteiger partial charge >= 0.3 is 46.9 Å². The summed E-state index contributed by atoms with van der Waals surface area (Å²) in [5, 5.41) is 0. The standard InChI is InChI=1S/C64H48F4N4O8.Mg.2H/c1-37(65)21-29-56(73)77-52-17-9-5-13-46(52)50-35-45-34-43-26-25-41(69-43)33-42-27-28-44(70-42)36-51-60(47-14-6-10-18-53(47)78-57(74)30-22-38(2)66)61(48-15-7-11-19-54(48)79-58(75)31-23-39(3)67)64(72-51)62(63(50)71-45)49-16-8-12-20-55(49)80-59(76)32-24-40(4)68;;;/h5-28,33-36H,29-32H2,1-4H3;;;/q;+2;2*-1. The van der Waals surface area contributed by atoms with Crippen molar-refractivity contribution in [1.82, 2.24) is 0 Å². The first-order valence-electron chi connectivity index (χ1n) is 25.1. The minimum Gasteiger partial charge on any atom is -1.00 e. The van der Waals surface area contributed by atoms with Crippen LogP contribution in [0.4, 0.5) is 17.6 Å². The van der Waals surface area contributed by atoms with Gasteiger partial charge in [0, 0.05) is 44.5 Å². The Morgan fingerprint density at radius 1 is 0.420 bits per heavy atom. The molecule has 0 amide bonds. The van der Waals surface area contributed by atoms with Gasteiger partial charge in [-0.25, -0.2) is 37.5 Å². The topological polar surface area (TPSA) is 155 Å². The van der Waals surface area contributed by atoms with Crippen molar-refractivity contribution in [2.24, 2.45) is 20.0 Å².